The van der Waals surface area contributed by atoms with Gasteiger partial charge >= 0.3 is 12.1 Å². The summed E-state index contributed by atoms with van der Waals surface area (Å²) in [5.41, 5.74) is 1.53. The van der Waals surface area contributed by atoms with E-state index in [0.717, 1.165) is 44.3 Å². The highest BCUT2D eigenvalue weighted by molar-refractivity contribution is 6.34. The standard InChI is InChI=1S/C20H31ClN4O2.C2HF3O2/c1-24(10-3-11-27-2)20(26)18-5-4-15(12-19(18)21)23-16-13-25(14-16)17-6-8-22-9-7-17;3-2(4,5)1(6)7/h4-5,12,16-17,22-23H,3,6-11,13-14H2,1-2H3;(H,6,7). The zero-order valence-corrected chi connectivity index (χ0v) is 20.1. The highest BCUT2D eigenvalue weighted by atomic mass is 35.5. The lowest BCUT2D eigenvalue weighted by Gasteiger charge is -2.46. The van der Waals surface area contributed by atoms with Gasteiger partial charge in [0.1, 0.15) is 0 Å². The average Bonchev–Trinajstić information content (AvgIpc) is 2.76. The van der Waals surface area contributed by atoms with Crippen LogP contribution in [0.15, 0.2) is 18.2 Å². The van der Waals surface area contributed by atoms with Gasteiger partial charge in [0, 0.05) is 52.1 Å². The second-order valence-electron chi connectivity index (χ2n) is 8.35. The number of alkyl halides is 3. The summed E-state index contributed by atoms with van der Waals surface area (Å²) in [5.74, 6) is -2.81. The molecular weight excluding hydrogens is 477 g/mol. The van der Waals surface area contributed by atoms with Crippen LogP contribution in [0.4, 0.5) is 18.9 Å². The Morgan fingerprint density at radius 2 is 1.91 bits per heavy atom. The van der Waals surface area contributed by atoms with Crippen molar-refractivity contribution >= 4 is 29.2 Å². The highest BCUT2D eigenvalue weighted by Crippen LogP contribution is 2.26. The minimum atomic E-state index is -5.08. The molecule has 1 aromatic carbocycles. The number of amides is 1. The Labute approximate surface area is 202 Å². The molecule has 3 rings (SSSR count). The molecule has 3 N–H and O–H groups in total. The number of carboxylic acid groups (broad SMARTS) is 1. The van der Waals surface area contributed by atoms with Crippen molar-refractivity contribution in [3.05, 3.63) is 28.8 Å². The number of methoxy groups -OCH3 is 1. The van der Waals surface area contributed by atoms with E-state index < -0.39 is 12.1 Å². The van der Waals surface area contributed by atoms with Crippen LogP contribution in [0.3, 0.4) is 0 Å². The molecule has 0 aromatic heterocycles. The first-order valence-electron chi connectivity index (χ1n) is 11.1. The van der Waals surface area contributed by atoms with Gasteiger partial charge in [-0.05, 0) is 50.6 Å². The number of benzene rings is 1. The van der Waals surface area contributed by atoms with Gasteiger partial charge in [-0.25, -0.2) is 4.79 Å². The van der Waals surface area contributed by atoms with Crippen molar-refractivity contribution < 1.29 is 32.6 Å². The molecular formula is C22H32ClF3N4O4. The summed E-state index contributed by atoms with van der Waals surface area (Å²) in [4.78, 5) is 25.7. The Morgan fingerprint density at radius 1 is 1.29 bits per heavy atom. The van der Waals surface area contributed by atoms with E-state index in [1.54, 1.807) is 19.1 Å². The molecule has 2 aliphatic rings. The largest absolute Gasteiger partial charge is 0.490 e. The lowest BCUT2D eigenvalue weighted by atomic mass is 9.98. The smallest absolute Gasteiger partial charge is 0.475 e. The molecule has 0 atom stereocenters. The van der Waals surface area contributed by atoms with E-state index in [9.17, 15) is 18.0 Å². The van der Waals surface area contributed by atoms with Gasteiger partial charge in [-0.2, -0.15) is 13.2 Å². The van der Waals surface area contributed by atoms with Gasteiger partial charge in [-0.15, -0.1) is 0 Å². The monoisotopic (exact) mass is 508 g/mol. The maximum Gasteiger partial charge on any atom is 0.490 e. The number of likely N-dealkylation sites (tertiary alicyclic amines) is 1. The van der Waals surface area contributed by atoms with Gasteiger partial charge in [0.05, 0.1) is 16.6 Å². The lowest BCUT2D eigenvalue weighted by molar-refractivity contribution is -0.192. The van der Waals surface area contributed by atoms with E-state index in [4.69, 9.17) is 26.2 Å². The number of nitrogens with zero attached hydrogens (tertiary/aromatic N) is 2. The van der Waals surface area contributed by atoms with Crippen LogP contribution in [0.25, 0.3) is 0 Å². The summed E-state index contributed by atoms with van der Waals surface area (Å²) in [5, 5.41) is 14.6. The van der Waals surface area contributed by atoms with Crippen LogP contribution >= 0.6 is 11.6 Å². The first-order chi connectivity index (χ1) is 16.0. The van der Waals surface area contributed by atoms with Crippen LogP contribution in [0, 0.1) is 0 Å². The van der Waals surface area contributed by atoms with Gasteiger partial charge in [0.2, 0.25) is 0 Å². The third-order valence-corrected chi connectivity index (χ3v) is 6.05. The number of carbonyl (C=O) groups is 2. The van der Waals surface area contributed by atoms with E-state index in [-0.39, 0.29) is 5.91 Å². The van der Waals surface area contributed by atoms with Gasteiger partial charge in [-0.1, -0.05) is 11.6 Å². The van der Waals surface area contributed by atoms with E-state index in [1.165, 1.54) is 12.8 Å². The molecule has 0 unspecified atom stereocenters. The molecule has 0 radical (unpaired) electrons. The number of carbonyl (C=O) groups excluding carboxylic acids is 1. The first-order valence-corrected chi connectivity index (χ1v) is 11.5. The summed E-state index contributed by atoms with van der Waals surface area (Å²) in [7, 11) is 3.46. The second kappa shape index (κ2) is 13.1. The van der Waals surface area contributed by atoms with Crippen molar-refractivity contribution in [1.29, 1.82) is 0 Å². The summed E-state index contributed by atoms with van der Waals surface area (Å²) in [6.45, 7) is 5.70. The molecule has 1 amide bonds. The lowest BCUT2D eigenvalue weighted by Crippen LogP contribution is -2.60. The Kier molecular flexibility index (Phi) is 10.9. The predicted octanol–water partition coefficient (Wildman–Crippen LogP) is 2.93. The quantitative estimate of drug-likeness (QED) is 0.465. The zero-order valence-electron chi connectivity index (χ0n) is 19.3. The molecule has 0 bridgehead atoms. The number of ether oxygens (including phenoxy) is 1. The molecule has 8 nitrogen and oxygen atoms in total. The number of anilines is 1. The van der Waals surface area contributed by atoms with Crippen molar-refractivity contribution in [1.82, 2.24) is 15.1 Å². The fourth-order valence-electron chi connectivity index (χ4n) is 3.84. The molecule has 2 aliphatic heterocycles. The third-order valence-electron chi connectivity index (χ3n) is 5.74. The SMILES string of the molecule is COCCCN(C)C(=O)c1ccc(NC2CN(C3CCNCC3)C2)cc1Cl.O=C(O)C(F)(F)F. The first kappa shape index (κ1) is 28.2. The minimum Gasteiger partial charge on any atom is -0.475 e. The number of aliphatic carboxylic acids is 1. The molecule has 192 valence electrons. The van der Waals surface area contributed by atoms with Crippen molar-refractivity contribution in [2.75, 3.05) is 58.8 Å². The fourth-order valence-corrected chi connectivity index (χ4v) is 4.10. The number of nitrogens with one attached hydrogen (secondary N) is 2. The minimum absolute atomic E-state index is 0.0524. The van der Waals surface area contributed by atoms with Crippen molar-refractivity contribution in [3.8, 4) is 0 Å². The predicted molar refractivity (Wildman–Crippen MR) is 123 cm³/mol. The van der Waals surface area contributed by atoms with Gasteiger partial charge in [-0.3, -0.25) is 9.69 Å². The number of hydrogen-bond acceptors (Lipinski definition) is 6. The summed E-state index contributed by atoms with van der Waals surface area (Å²) in [6.07, 6.45) is -1.79. The van der Waals surface area contributed by atoms with E-state index in [1.807, 2.05) is 18.2 Å². The number of carboxylic acids is 1. The van der Waals surface area contributed by atoms with E-state index in [2.05, 4.69) is 15.5 Å². The molecule has 2 fully saturated rings. The Hall–Kier alpha value is -2.08. The van der Waals surface area contributed by atoms with Crippen LogP contribution in [-0.2, 0) is 9.53 Å². The van der Waals surface area contributed by atoms with Gasteiger partial charge in [0.25, 0.3) is 5.91 Å². The van der Waals surface area contributed by atoms with Crippen LogP contribution in [-0.4, -0.2) is 98.5 Å². The fraction of sp³-hybridized carbons (Fsp3) is 0.636. The molecule has 0 saturated carbocycles. The topological polar surface area (TPSA) is 94.1 Å². The maximum absolute atomic E-state index is 12.5. The van der Waals surface area contributed by atoms with E-state index in [0.29, 0.717) is 29.8 Å². The zero-order chi connectivity index (χ0) is 25.3. The normalized spacial score (nSPS) is 17.4. The molecule has 0 spiro atoms. The van der Waals surface area contributed by atoms with Gasteiger partial charge in [0.15, 0.2) is 0 Å². The number of rotatable bonds is 8. The van der Waals surface area contributed by atoms with Crippen LogP contribution in [0.1, 0.15) is 29.6 Å². The molecule has 34 heavy (non-hydrogen) atoms. The van der Waals surface area contributed by atoms with Crippen molar-refractivity contribution in [2.45, 2.75) is 37.5 Å². The van der Waals surface area contributed by atoms with Crippen LogP contribution < -0.4 is 10.6 Å². The second-order valence-corrected chi connectivity index (χ2v) is 8.75. The Bertz CT molecular complexity index is 816. The summed E-state index contributed by atoms with van der Waals surface area (Å²) >= 11 is 6.40. The van der Waals surface area contributed by atoms with Crippen LogP contribution in [0.2, 0.25) is 5.02 Å². The van der Waals surface area contributed by atoms with E-state index >= 15 is 0 Å². The summed E-state index contributed by atoms with van der Waals surface area (Å²) in [6, 6.07) is 6.82. The molecule has 0 aliphatic carbocycles. The molecule has 1 aromatic rings. The third kappa shape index (κ3) is 8.61. The molecule has 2 saturated heterocycles. The molecule has 2 heterocycles. The Morgan fingerprint density at radius 3 is 2.44 bits per heavy atom. The van der Waals surface area contributed by atoms with Crippen molar-refractivity contribution in [3.63, 3.8) is 0 Å². The van der Waals surface area contributed by atoms with Gasteiger partial charge < -0.3 is 25.4 Å². The number of hydrogen-bond donors (Lipinski definition) is 3. The molecule has 12 heteroatoms. The average molecular weight is 509 g/mol. The van der Waals surface area contributed by atoms with Crippen LogP contribution in [0.5, 0.6) is 0 Å². The Balaban J connectivity index is 0.000000509. The number of piperidine rings is 1. The maximum atomic E-state index is 12.5. The highest BCUT2D eigenvalue weighted by Gasteiger charge is 2.38. The number of halogens is 4. The summed E-state index contributed by atoms with van der Waals surface area (Å²) < 4.78 is 36.8. The van der Waals surface area contributed by atoms with Crippen molar-refractivity contribution in [2.24, 2.45) is 0 Å².